The van der Waals surface area contributed by atoms with Crippen LogP contribution in [0.3, 0.4) is 0 Å². The average Bonchev–Trinajstić information content (AvgIpc) is 3.08. The standard InChI is InChI=1S/C22H17NO4/c24-13-12-15-6-8-16(9-7-15)18-10-11-20-19(14-18)21(22(27-20)23(25)26)17-4-2-1-3-5-17/h1-11,14,24H,12-13H2. The number of aliphatic hydroxyl groups excluding tert-OH is 1. The molecule has 27 heavy (non-hydrogen) atoms. The number of hydrogen-bond acceptors (Lipinski definition) is 4. The van der Waals surface area contributed by atoms with Gasteiger partial charge in [0.25, 0.3) is 0 Å². The van der Waals surface area contributed by atoms with E-state index in [1.54, 1.807) is 6.07 Å². The van der Waals surface area contributed by atoms with Gasteiger partial charge in [-0.05, 0) is 40.8 Å². The third-order valence-electron chi connectivity index (χ3n) is 4.59. The van der Waals surface area contributed by atoms with Crippen LogP contribution < -0.4 is 0 Å². The molecule has 134 valence electrons. The molecule has 0 aliphatic carbocycles. The van der Waals surface area contributed by atoms with Crippen LogP contribution >= 0.6 is 0 Å². The summed E-state index contributed by atoms with van der Waals surface area (Å²) in [4.78, 5) is 11.0. The number of furan rings is 1. The summed E-state index contributed by atoms with van der Waals surface area (Å²) in [5.41, 5.74) is 4.74. The monoisotopic (exact) mass is 359 g/mol. The van der Waals surface area contributed by atoms with Gasteiger partial charge in [-0.15, -0.1) is 0 Å². The molecule has 4 rings (SSSR count). The van der Waals surface area contributed by atoms with Gasteiger partial charge in [0.05, 0.1) is 0 Å². The minimum absolute atomic E-state index is 0.116. The highest BCUT2D eigenvalue weighted by Gasteiger charge is 2.25. The average molecular weight is 359 g/mol. The molecule has 0 aliphatic heterocycles. The zero-order chi connectivity index (χ0) is 18.8. The molecule has 0 saturated carbocycles. The van der Waals surface area contributed by atoms with Gasteiger partial charge in [0.15, 0.2) is 0 Å². The Kier molecular flexibility index (Phi) is 4.44. The van der Waals surface area contributed by atoms with E-state index in [1.165, 1.54) is 0 Å². The Hall–Kier alpha value is -3.44. The number of hydrogen-bond donors (Lipinski definition) is 1. The zero-order valence-corrected chi connectivity index (χ0v) is 14.5. The summed E-state index contributed by atoms with van der Waals surface area (Å²) in [5, 5.41) is 21.3. The van der Waals surface area contributed by atoms with Crippen molar-refractivity contribution in [3.63, 3.8) is 0 Å². The first kappa shape index (κ1) is 17.0. The van der Waals surface area contributed by atoms with Gasteiger partial charge in [-0.1, -0.05) is 60.7 Å². The van der Waals surface area contributed by atoms with Crippen molar-refractivity contribution in [3.05, 3.63) is 88.5 Å². The predicted molar refractivity (Wildman–Crippen MR) is 105 cm³/mol. The fourth-order valence-corrected chi connectivity index (χ4v) is 3.27. The molecule has 0 bridgehead atoms. The maximum absolute atomic E-state index is 11.5. The van der Waals surface area contributed by atoms with Crippen LogP contribution in [0.5, 0.6) is 0 Å². The Morgan fingerprint density at radius 3 is 2.26 bits per heavy atom. The van der Waals surface area contributed by atoms with Crippen LogP contribution in [0.4, 0.5) is 5.88 Å². The summed E-state index contributed by atoms with van der Waals surface area (Å²) in [6.07, 6.45) is 0.616. The second kappa shape index (κ2) is 7.05. The molecular formula is C22H17NO4. The van der Waals surface area contributed by atoms with Gasteiger partial charge in [0.1, 0.15) is 16.1 Å². The van der Waals surface area contributed by atoms with Gasteiger partial charge >= 0.3 is 5.88 Å². The summed E-state index contributed by atoms with van der Waals surface area (Å²) in [6, 6.07) is 22.8. The van der Waals surface area contributed by atoms with Crippen LogP contribution in [0.15, 0.2) is 77.2 Å². The minimum atomic E-state index is -0.480. The van der Waals surface area contributed by atoms with E-state index < -0.39 is 4.92 Å². The largest absolute Gasteiger partial charge is 0.442 e. The van der Waals surface area contributed by atoms with Crippen molar-refractivity contribution in [1.29, 1.82) is 0 Å². The molecule has 0 saturated heterocycles. The number of nitrogens with zero attached hydrogens (tertiary/aromatic N) is 1. The van der Waals surface area contributed by atoms with Crippen LogP contribution in [0.1, 0.15) is 5.56 Å². The summed E-state index contributed by atoms with van der Waals surface area (Å²) >= 11 is 0. The molecule has 4 aromatic rings. The number of fused-ring (bicyclic) bond motifs is 1. The van der Waals surface area contributed by atoms with Crippen molar-refractivity contribution >= 4 is 16.9 Å². The van der Waals surface area contributed by atoms with Crippen LogP contribution in [0.2, 0.25) is 0 Å². The Balaban J connectivity index is 1.87. The molecule has 1 aromatic heterocycles. The lowest BCUT2D eigenvalue weighted by atomic mass is 9.98. The smallest absolute Gasteiger partial charge is 0.400 e. The highest BCUT2D eigenvalue weighted by atomic mass is 16.6. The van der Waals surface area contributed by atoms with Crippen LogP contribution in [0, 0.1) is 10.1 Å². The van der Waals surface area contributed by atoms with E-state index in [0.29, 0.717) is 23.0 Å². The van der Waals surface area contributed by atoms with Crippen LogP contribution in [-0.2, 0) is 6.42 Å². The Morgan fingerprint density at radius 2 is 1.59 bits per heavy atom. The van der Waals surface area contributed by atoms with Crippen LogP contribution in [0.25, 0.3) is 33.2 Å². The number of aliphatic hydroxyl groups is 1. The molecule has 5 heteroatoms. The molecule has 0 unspecified atom stereocenters. The van der Waals surface area contributed by atoms with Crippen molar-refractivity contribution in [2.24, 2.45) is 0 Å². The van der Waals surface area contributed by atoms with Gasteiger partial charge < -0.3 is 9.52 Å². The Bertz CT molecular complexity index is 1100. The molecule has 0 amide bonds. The maximum Gasteiger partial charge on any atom is 0.442 e. The fraction of sp³-hybridized carbons (Fsp3) is 0.0909. The van der Waals surface area contributed by atoms with E-state index in [1.807, 2.05) is 66.7 Å². The lowest BCUT2D eigenvalue weighted by Crippen LogP contribution is -1.90. The minimum Gasteiger partial charge on any atom is -0.400 e. The highest BCUT2D eigenvalue weighted by molar-refractivity contribution is 6.00. The van der Waals surface area contributed by atoms with Gasteiger partial charge in [-0.25, -0.2) is 0 Å². The highest BCUT2D eigenvalue weighted by Crippen LogP contribution is 2.41. The first-order valence-corrected chi connectivity index (χ1v) is 8.64. The third-order valence-corrected chi connectivity index (χ3v) is 4.59. The van der Waals surface area contributed by atoms with Gasteiger partial charge in [-0.3, -0.25) is 10.1 Å². The zero-order valence-electron chi connectivity index (χ0n) is 14.5. The van der Waals surface area contributed by atoms with Crippen molar-refractivity contribution in [1.82, 2.24) is 0 Å². The second-order valence-corrected chi connectivity index (χ2v) is 6.29. The Labute approximate surface area is 155 Å². The number of benzene rings is 3. The topological polar surface area (TPSA) is 76.5 Å². The quantitative estimate of drug-likeness (QED) is 0.392. The lowest BCUT2D eigenvalue weighted by molar-refractivity contribution is -0.400. The summed E-state index contributed by atoms with van der Waals surface area (Å²) in [5.74, 6) is -0.244. The first-order valence-electron chi connectivity index (χ1n) is 8.64. The molecule has 0 aliphatic rings. The molecular weight excluding hydrogens is 342 g/mol. The Morgan fingerprint density at radius 1 is 0.889 bits per heavy atom. The van der Waals surface area contributed by atoms with E-state index in [0.717, 1.165) is 22.3 Å². The van der Waals surface area contributed by atoms with E-state index in [4.69, 9.17) is 9.52 Å². The summed E-state index contributed by atoms with van der Waals surface area (Å²) < 4.78 is 5.53. The molecule has 1 heterocycles. The molecule has 5 nitrogen and oxygen atoms in total. The molecule has 0 fully saturated rings. The SMILES string of the molecule is O=[N+]([O-])c1oc2ccc(-c3ccc(CCO)cc3)cc2c1-c1ccccc1. The summed E-state index contributed by atoms with van der Waals surface area (Å²) in [7, 11) is 0. The molecule has 1 N–H and O–H groups in total. The second-order valence-electron chi connectivity index (χ2n) is 6.29. The molecule has 0 spiro atoms. The molecule has 0 radical (unpaired) electrons. The number of nitro groups is 1. The van der Waals surface area contributed by atoms with Crippen molar-refractivity contribution in [3.8, 4) is 22.3 Å². The van der Waals surface area contributed by atoms with Crippen molar-refractivity contribution < 1.29 is 14.4 Å². The van der Waals surface area contributed by atoms with Gasteiger partial charge in [-0.2, -0.15) is 0 Å². The maximum atomic E-state index is 11.5. The summed E-state index contributed by atoms with van der Waals surface area (Å²) in [6.45, 7) is 0.116. The van der Waals surface area contributed by atoms with E-state index >= 15 is 0 Å². The van der Waals surface area contributed by atoms with Crippen molar-refractivity contribution in [2.45, 2.75) is 6.42 Å². The van der Waals surface area contributed by atoms with E-state index in [9.17, 15) is 10.1 Å². The normalized spacial score (nSPS) is 11.0. The van der Waals surface area contributed by atoms with E-state index in [2.05, 4.69) is 0 Å². The lowest BCUT2D eigenvalue weighted by Gasteiger charge is -2.05. The third kappa shape index (κ3) is 3.20. The molecule has 3 aromatic carbocycles. The molecule has 0 atom stereocenters. The van der Waals surface area contributed by atoms with Crippen molar-refractivity contribution in [2.75, 3.05) is 6.61 Å². The van der Waals surface area contributed by atoms with Gasteiger partial charge in [0.2, 0.25) is 0 Å². The predicted octanol–water partition coefficient (Wildman–Crippen LogP) is 5.21. The fourth-order valence-electron chi connectivity index (χ4n) is 3.27. The van der Waals surface area contributed by atoms with Crippen LogP contribution in [-0.4, -0.2) is 16.6 Å². The van der Waals surface area contributed by atoms with E-state index in [-0.39, 0.29) is 12.5 Å². The van der Waals surface area contributed by atoms with Gasteiger partial charge in [0, 0.05) is 12.0 Å². The first-order chi connectivity index (χ1) is 13.2. The number of rotatable bonds is 5.